The molecule has 6 nitrogen and oxygen atoms in total. The zero-order chi connectivity index (χ0) is 22.7. The molecule has 1 aromatic heterocycles. The number of methoxy groups -OCH3 is 2. The van der Waals surface area contributed by atoms with Crippen molar-refractivity contribution in [2.75, 3.05) is 20.8 Å². The van der Waals surface area contributed by atoms with Crippen molar-refractivity contribution in [1.29, 1.82) is 0 Å². The van der Waals surface area contributed by atoms with E-state index >= 15 is 0 Å². The third-order valence-corrected chi connectivity index (χ3v) is 5.30. The third kappa shape index (κ3) is 4.21. The lowest BCUT2D eigenvalue weighted by atomic mass is 9.99. The minimum Gasteiger partial charge on any atom is -0.497 e. The molecule has 0 aliphatic rings. The summed E-state index contributed by atoms with van der Waals surface area (Å²) < 4.78 is 21.5. The van der Waals surface area contributed by atoms with Gasteiger partial charge in [-0.1, -0.05) is 12.1 Å². The Morgan fingerprint density at radius 2 is 1.44 bits per heavy atom. The third-order valence-electron chi connectivity index (χ3n) is 5.30. The number of fused-ring (bicyclic) bond motifs is 1. The van der Waals surface area contributed by atoms with Crippen molar-refractivity contribution in [1.82, 2.24) is 0 Å². The fourth-order valence-corrected chi connectivity index (χ4v) is 3.53. The first-order valence-corrected chi connectivity index (χ1v) is 10.0. The number of rotatable bonds is 7. The molecule has 0 radical (unpaired) electrons. The number of ether oxygens (including phenoxy) is 3. The van der Waals surface area contributed by atoms with E-state index in [4.69, 9.17) is 18.6 Å². The molecule has 6 heteroatoms. The highest BCUT2D eigenvalue weighted by atomic mass is 16.5. The molecule has 0 N–H and O–H groups in total. The predicted octanol–water partition coefficient (Wildman–Crippen LogP) is 5.05. The Labute approximate surface area is 185 Å². The number of aryl methyl sites for hydroxylation is 1. The van der Waals surface area contributed by atoms with Crippen LogP contribution in [-0.4, -0.2) is 26.6 Å². The van der Waals surface area contributed by atoms with Crippen molar-refractivity contribution in [2.24, 2.45) is 0 Å². The molecule has 0 unspecified atom stereocenters. The zero-order valence-corrected chi connectivity index (χ0v) is 18.0. The number of carbonyl (C=O) groups is 1. The standard InChI is InChI=1S/C26H22O6/c1-16-22-13-12-21(31-15-23(27)17-4-8-19(29-2)9-5-17)14-24(22)32-26(28)25(16)18-6-10-20(30-3)11-7-18/h4-14H,15H2,1-3H3. The second-order valence-electron chi connectivity index (χ2n) is 7.22. The Kier molecular flexibility index (Phi) is 5.94. The van der Waals surface area contributed by atoms with Gasteiger partial charge in [0.1, 0.15) is 22.8 Å². The average molecular weight is 430 g/mol. The number of ketones is 1. The summed E-state index contributed by atoms with van der Waals surface area (Å²) >= 11 is 0. The lowest BCUT2D eigenvalue weighted by Gasteiger charge is -2.11. The largest absolute Gasteiger partial charge is 0.497 e. The zero-order valence-electron chi connectivity index (χ0n) is 18.0. The van der Waals surface area contributed by atoms with Crippen LogP contribution in [0.2, 0.25) is 0 Å². The van der Waals surface area contributed by atoms with Crippen molar-refractivity contribution in [2.45, 2.75) is 6.92 Å². The summed E-state index contributed by atoms with van der Waals surface area (Å²) in [5.41, 5.74) is 2.55. The van der Waals surface area contributed by atoms with Gasteiger partial charge in [-0.2, -0.15) is 0 Å². The van der Waals surface area contributed by atoms with Gasteiger partial charge < -0.3 is 18.6 Å². The van der Waals surface area contributed by atoms with Crippen LogP contribution >= 0.6 is 0 Å². The molecule has 3 aromatic carbocycles. The highest BCUT2D eigenvalue weighted by Gasteiger charge is 2.15. The van der Waals surface area contributed by atoms with Gasteiger partial charge >= 0.3 is 5.63 Å². The minimum absolute atomic E-state index is 0.134. The maximum Gasteiger partial charge on any atom is 0.344 e. The molecule has 1 heterocycles. The van der Waals surface area contributed by atoms with Gasteiger partial charge in [-0.05, 0) is 66.6 Å². The minimum atomic E-state index is -0.438. The van der Waals surface area contributed by atoms with Gasteiger partial charge in [0.15, 0.2) is 12.4 Å². The van der Waals surface area contributed by atoms with E-state index in [1.54, 1.807) is 62.8 Å². The Morgan fingerprint density at radius 1 is 0.844 bits per heavy atom. The first-order valence-electron chi connectivity index (χ1n) is 10.0. The van der Waals surface area contributed by atoms with E-state index in [-0.39, 0.29) is 12.4 Å². The van der Waals surface area contributed by atoms with Crippen LogP contribution < -0.4 is 19.8 Å². The highest BCUT2D eigenvalue weighted by Crippen LogP contribution is 2.30. The lowest BCUT2D eigenvalue weighted by Crippen LogP contribution is -2.11. The van der Waals surface area contributed by atoms with E-state index in [0.717, 1.165) is 16.5 Å². The molecule has 0 atom stereocenters. The Balaban J connectivity index is 1.57. The van der Waals surface area contributed by atoms with Crippen LogP contribution in [0.5, 0.6) is 17.2 Å². The van der Waals surface area contributed by atoms with Crippen LogP contribution in [0.15, 0.2) is 75.9 Å². The number of hydrogen-bond donors (Lipinski definition) is 0. The molecular weight excluding hydrogens is 408 g/mol. The predicted molar refractivity (Wildman–Crippen MR) is 122 cm³/mol. The van der Waals surface area contributed by atoms with E-state index in [2.05, 4.69) is 0 Å². The molecule has 4 rings (SSSR count). The monoisotopic (exact) mass is 430 g/mol. The van der Waals surface area contributed by atoms with Gasteiger partial charge in [-0.3, -0.25) is 4.79 Å². The van der Waals surface area contributed by atoms with Crippen LogP contribution in [0.3, 0.4) is 0 Å². The maximum atomic E-state index is 12.7. The summed E-state index contributed by atoms with van der Waals surface area (Å²) in [5, 5.41) is 0.796. The Morgan fingerprint density at radius 3 is 2.06 bits per heavy atom. The SMILES string of the molecule is COc1ccc(C(=O)COc2ccc3c(C)c(-c4ccc(OC)cc4)c(=O)oc3c2)cc1. The molecule has 162 valence electrons. The summed E-state index contributed by atoms with van der Waals surface area (Å²) in [5.74, 6) is 1.67. The van der Waals surface area contributed by atoms with E-state index in [1.165, 1.54) is 0 Å². The van der Waals surface area contributed by atoms with Crippen molar-refractivity contribution in [3.8, 4) is 28.4 Å². The molecule has 0 aliphatic heterocycles. The quantitative estimate of drug-likeness (QED) is 0.302. The fourth-order valence-electron chi connectivity index (χ4n) is 3.53. The van der Waals surface area contributed by atoms with Crippen LogP contribution in [-0.2, 0) is 0 Å². The topological polar surface area (TPSA) is 75.0 Å². The van der Waals surface area contributed by atoms with Crippen LogP contribution in [0.4, 0.5) is 0 Å². The number of hydrogen-bond acceptors (Lipinski definition) is 6. The van der Waals surface area contributed by atoms with Gasteiger partial charge in [0.2, 0.25) is 0 Å². The van der Waals surface area contributed by atoms with E-state index in [1.807, 2.05) is 25.1 Å². The van der Waals surface area contributed by atoms with E-state index in [0.29, 0.717) is 34.0 Å². The summed E-state index contributed by atoms with van der Waals surface area (Å²) in [6.07, 6.45) is 0. The molecule has 0 saturated carbocycles. The lowest BCUT2D eigenvalue weighted by molar-refractivity contribution is 0.0921. The van der Waals surface area contributed by atoms with E-state index < -0.39 is 5.63 Å². The van der Waals surface area contributed by atoms with Gasteiger partial charge in [-0.15, -0.1) is 0 Å². The normalized spacial score (nSPS) is 10.7. The van der Waals surface area contributed by atoms with Crippen LogP contribution in [0.25, 0.3) is 22.1 Å². The summed E-state index contributed by atoms with van der Waals surface area (Å²) in [4.78, 5) is 25.1. The maximum absolute atomic E-state index is 12.7. The first kappa shape index (κ1) is 21.2. The summed E-state index contributed by atoms with van der Waals surface area (Å²) in [7, 11) is 3.16. The van der Waals surface area contributed by atoms with Crippen LogP contribution in [0, 0.1) is 6.92 Å². The molecule has 0 aliphatic carbocycles. The average Bonchev–Trinajstić information content (AvgIpc) is 2.82. The van der Waals surface area contributed by atoms with Crippen molar-refractivity contribution in [3.05, 3.63) is 88.3 Å². The smallest absolute Gasteiger partial charge is 0.344 e. The molecular formula is C26H22O6. The Bertz CT molecular complexity index is 1320. The number of benzene rings is 3. The fraction of sp³-hybridized carbons (Fsp3) is 0.154. The molecule has 0 spiro atoms. The molecule has 0 amide bonds. The van der Waals surface area contributed by atoms with Crippen molar-refractivity contribution < 1.29 is 23.4 Å². The highest BCUT2D eigenvalue weighted by molar-refractivity contribution is 5.97. The summed E-state index contributed by atoms with van der Waals surface area (Å²) in [6.45, 7) is 1.75. The van der Waals surface area contributed by atoms with Crippen molar-refractivity contribution in [3.63, 3.8) is 0 Å². The molecule has 0 saturated heterocycles. The van der Waals surface area contributed by atoms with E-state index in [9.17, 15) is 9.59 Å². The Hall–Kier alpha value is -4.06. The number of Topliss-reactive ketones (excluding diaryl/α,β-unsaturated/α-hetero) is 1. The van der Waals surface area contributed by atoms with Crippen molar-refractivity contribution >= 4 is 16.8 Å². The number of carbonyl (C=O) groups excluding carboxylic acids is 1. The summed E-state index contributed by atoms with van der Waals surface area (Å²) in [6, 6.07) is 19.3. The molecule has 0 fully saturated rings. The van der Waals surface area contributed by atoms with Gasteiger partial charge in [0.05, 0.1) is 19.8 Å². The molecule has 32 heavy (non-hydrogen) atoms. The van der Waals surface area contributed by atoms with Gasteiger partial charge in [-0.25, -0.2) is 4.79 Å². The van der Waals surface area contributed by atoms with Gasteiger partial charge in [0.25, 0.3) is 0 Å². The second-order valence-corrected chi connectivity index (χ2v) is 7.22. The second kappa shape index (κ2) is 8.98. The van der Waals surface area contributed by atoms with Crippen LogP contribution in [0.1, 0.15) is 15.9 Å². The first-order chi connectivity index (χ1) is 15.5. The molecule has 0 bridgehead atoms. The van der Waals surface area contributed by atoms with Gasteiger partial charge in [0, 0.05) is 17.0 Å². The molecule has 4 aromatic rings.